The van der Waals surface area contributed by atoms with Crippen molar-refractivity contribution < 1.29 is 20.1 Å². The number of aliphatic hydroxyl groups excluding tert-OH is 1. The zero-order valence-electron chi connectivity index (χ0n) is 6.61. The lowest BCUT2D eigenvalue weighted by molar-refractivity contribution is 0.269. The minimum atomic E-state index is -0.287. The van der Waals surface area contributed by atoms with E-state index in [1.165, 1.54) is 13.2 Å². The molecule has 0 fully saturated rings. The summed E-state index contributed by atoms with van der Waals surface area (Å²) in [5.74, 6) is -0.0887. The Labute approximate surface area is 69.7 Å². The van der Waals surface area contributed by atoms with E-state index in [1.807, 2.05) is 0 Å². The monoisotopic (exact) mass is 170 g/mol. The second-order valence-corrected chi connectivity index (χ2v) is 2.32. The summed E-state index contributed by atoms with van der Waals surface area (Å²) in [5.41, 5.74) is 0.356. The standard InChI is InChI=1S/C8H10O4/c1-12-8-5(4-9)2-6(10)3-7(8)11/h2-3,9-11H,4H2,1H3. The van der Waals surface area contributed by atoms with Crippen LogP contribution in [0.1, 0.15) is 5.56 Å². The molecule has 4 nitrogen and oxygen atoms in total. The van der Waals surface area contributed by atoms with Gasteiger partial charge < -0.3 is 20.1 Å². The average Bonchev–Trinajstić information content (AvgIpc) is 2.03. The predicted molar refractivity (Wildman–Crippen MR) is 42.2 cm³/mol. The van der Waals surface area contributed by atoms with Gasteiger partial charge in [-0.1, -0.05) is 0 Å². The first-order chi connectivity index (χ1) is 5.69. The van der Waals surface area contributed by atoms with E-state index in [9.17, 15) is 5.11 Å². The van der Waals surface area contributed by atoms with E-state index in [0.29, 0.717) is 5.56 Å². The van der Waals surface area contributed by atoms with E-state index in [4.69, 9.17) is 14.9 Å². The Bertz CT molecular complexity index is 283. The smallest absolute Gasteiger partial charge is 0.166 e. The number of hydrogen-bond acceptors (Lipinski definition) is 4. The molecule has 1 rings (SSSR count). The molecular formula is C8H10O4. The molecule has 66 valence electrons. The van der Waals surface area contributed by atoms with Gasteiger partial charge in [0.2, 0.25) is 0 Å². The van der Waals surface area contributed by atoms with Gasteiger partial charge in [-0.05, 0) is 6.07 Å². The van der Waals surface area contributed by atoms with Crippen molar-refractivity contribution >= 4 is 0 Å². The minimum Gasteiger partial charge on any atom is -0.508 e. The van der Waals surface area contributed by atoms with Crippen molar-refractivity contribution in [2.24, 2.45) is 0 Å². The normalized spacial score (nSPS) is 9.83. The number of phenols is 2. The van der Waals surface area contributed by atoms with Crippen molar-refractivity contribution in [3.05, 3.63) is 17.7 Å². The lowest BCUT2D eigenvalue weighted by Crippen LogP contribution is -1.91. The Morgan fingerprint density at radius 1 is 1.33 bits per heavy atom. The number of aromatic hydroxyl groups is 2. The number of methoxy groups -OCH3 is 1. The maximum absolute atomic E-state index is 9.21. The van der Waals surface area contributed by atoms with Crippen LogP contribution in [0.2, 0.25) is 0 Å². The molecule has 0 radical (unpaired) electrons. The van der Waals surface area contributed by atoms with E-state index in [0.717, 1.165) is 6.07 Å². The molecule has 0 aromatic heterocycles. The maximum atomic E-state index is 9.21. The van der Waals surface area contributed by atoms with Crippen molar-refractivity contribution in [3.63, 3.8) is 0 Å². The third kappa shape index (κ3) is 1.43. The Morgan fingerprint density at radius 3 is 2.50 bits per heavy atom. The molecule has 3 N–H and O–H groups in total. The molecule has 0 spiro atoms. The van der Waals surface area contributed by atoms with Gasteiger partial charge >= 0.3 is 0 Å². The number of ether oxygens (including phenoxy) is 1. The number of rotatable bonds is 2. The topological polar surface area (TPSA) is 69.9 Å². The molecule has 0 aliphatic rings. The van der Waals surface area contributed by atoms with E-state index < -0.39 is 0 Å². The molecule has 1 aromatic carbocycles. The zero-order chi connectivity index (χ0) is 9.14. The summed E-state index contributed by atoms with van der Waals surface area (Å²) < 4.78 is 4.80. The molecule has 0 bridgehead atoms. The number of phenolic OH excluding ortho intramolecular Hbond substituents is 2. The highest BCUT2D eigenvalue weighted by Crippen LogP contribution is 2.33. The molecule has 0 saturated carbocycles. The van der Waals surface area contributed by atoms with Crippen LogP contribution in [0.4, 0.5) is 0 Å². The molecule has 0 unspecified atom stereocenters. The molecule has 0 heterocycles. The Morgan fingerprint density at radius 2 is 2.00 bits per heavy atom. The highest BCUT2D eigenvalue weighted by Gasteiger charge is 2.09. The largest absolute Gasteiger partial charge is 0.508 e. The van der Waals surface area contributed by atoms with Crippen LogP contribution in [0.15, 0.2) is 12.1 Å². The first-order valence-corrected chi connectivity index (χ1v) is 3.38. The lowest BCUT2D eigenvalue weighted by Gasteiger charge is -2.08. The summed E-state index contributed by atoms with van der Waals surface area (Å²) in [7, 11) is 1.38. The van der Waals surface area contributed by atoms with Gasteiger partial charge in [0, 0.05) is 11.6 Å². The number of hydrogen-bond donors (Lipinski definition) is 3. The Hall–Kier alpha value is -1.42. The summed E-state index contributed by atoms with van der Waals surface area (Å²) in [4.78, 5) is 0. The first kappa shape index (κ1) is 8.67. The van der Waals surface area contributed by atoms with Crippen molar-refractivity contribution in [1.82, 2.24) is 0 Å². The first-order valence-electron chi connectivity index (χ1n) is 3.38. The van der Waals surface area contributed by atoms with Crippen molar-refractivity contribution in [2.75, 3.05) is 7.11 Å². The van der Waals surface area contributed by atoms with Gasteiger partial charge in [-0.15, -0.1) is 0 Å². The Kier molecular flexibility index (Phi) is 2.40. The molecule has 0 aliphatic heterocycles. The van der Waals surface area contributed by atoms with Crippen LogP contribution in [-0.4, -0.2) is 22.4 Å². The maximum Gasteiger partial charge on any atom is 0.166 e. The zero-order valence-corrected chi connectivity index (χ0v) is 6.61. The second-order valence-electron chi connectivity index (χ2n) is 2.32. The summed E-state index contributed by atoms with van der Waals surface area (Å²) in [5, 5.41) is 27.0. The highest BCUT2D eigenvalue weighted by atomic mass is 16.5. The van der Waals surface area contributed by atoms with Crippen molar-refractivity contribution in [3.8, 4) is 17.2 Å². The average molecular weight is 170 g/mol. The summed E-state index contributed by atoms with van der Waals surface area (Å²) in [6, 6.07) is 2.48. The molecule has 0 atom stereocenters. The van der Waals surface area contributed by atoms with Gasteiger partial charge in [-0.3, -0.25) is 0 Å². The summed E-state index contributed by atoms with van der Waals surface area (Å²) in [6.45, 7) is -0.287. The molecule has 0 saturated heterocycles. The highest BCUT2D eigenvalue weighted by molar-refractivity contribution is 5.50. The number of aliphatic hydroxyl groups is 1. The van der Waals surface area contributed by atoms with Crippen LogP contribution in [0, 0.1) is 0 Å². The third-order valence-corrected chi connectivity index (χ3v) is 1.51. The quantitative estimate of drug-likeness (QED) is 0.607. The lowest BCUT2D eigenvalue weighted by atomic mass is 10.2. The summed E-state index contributed by atoms with van der Waals surface area (Å²) in [6.07, 6.45) is 0. The van der Waals surface area contributed by atoms with Crippen molar-refractivity contribution in [1.29, 1.82) is 0 Å². The fraction of sp³-hybridized carbons (Fsp3) is 0.250. The Balaban J connectivity index is 3.24. The van der Waals surface area contributed by atoms with Gasteiger partial charge in [0.1, 0.15) is 5.75 Å². The van der Waals surface area contributed by atoms with E-state index >= 15 is 0 Å². The van der Waals surface area contributed by atoms with Crippen LogP contribution < -0.4 is 4.74 Å². The van der Waals surface area contributed by atoms with Crippen LogP contribution in [0.5, 0.6) is 17.2 Å². The predicted octanol–water partition coefficient (Wildman–Crippen LogP) is 0.599. The molecule has 0 aliphatic carbocycles. The van der Waals surface area contributed by atoms with Gasteiger partial charge in [0.15, 0.2) is 11.5 Å². The fourth-order valence-corrected chi connectivity index (χ4v) is 1.01. The second kappa shape index (κ2) is 3.32. The van der Waals surface area contributed by atoms with Gasteiger partial charge in [-0.2, -0.15) is 0 Å². The van der Waals surface area contributed by atoms with Gasteiger partial charge in [0.25, 0.3) is 0 Å². The molecule has 1 aromatic rings. The minimum absolute atomic E-state index is 0.0997. The SMILES string of the molecule is COc1c(O)cc(O)cc1CO. The van der Waals surface area contributed by atoms with Crippen LogP contribution >= 0.6 is 0 Å². The summed E-state index contributed by atoms with van der Waals surface area (Å²) >= 11 is 0. The van der Waals surface area contributed by atoms with Crippen LogP contribution in [0.3, 0.4) is 0 Å². The van der Waals surface area contributed by atoms with Gasteiger partial charge in [0.05, 0.1) is 13.7 Å². The van der Waals surface area contributed by atoms with E-state index in [1.54, 1.807) is 0 Å². The van der Waals surface area contributed by atoms with E-state index in [2.05, 4.69) is 0 Å². The van der Waals surface area contributed by atoms with Crippen molar-refractivity contribution in [2.45, 2.75) is 6.61 Å². The molecule has 12 heavy (non-hydrogen) atoms. The van der Waals surface area contributed by atoms with E-state index in [-0.39, 0.29) is 23.9 Å². The van der Waals surface area contributed by atoms with Crippen LogP contribution in [0.25, 0.3) is 0 Å². The molecular weight excluding hydrogens is 160 g/mol. The van der Waals surface area contributed by atoms with Gasteiger partial charge in [-0.25, -0.2) is 0 Å². The number of benzene rings is 1. The third-order valence-electron chi connectivity index (χ3n) is 1.51. The van der Waals surface area contributed by atoms with Crippen LogP contribution in [-0.2, 0) is 6.61 Å². The molecule has 0 amide bonds. The molecule has 4 heteroatoms. The fourth-order valence-electron chi connectivity index (χ4n) is 1.01.